The van der Waals surface area contributed by atoms with E-state index in [1.807, 2.05) is 30.3 Å². The first-order valence-electron chi connectivity index (χ1n) is 6.65. The summed E-state index contributed by atoms with van der Waals surface area (Å²) in [6.07, 6.45) is 4.70. The number of carbonyl (C=O) groups is 1. The van der Waals surface area contributed by atoms with Crippen molar-refractivity contribution < 1.29 is 9.90 Å². The van der Waals surface area contributed by atoms with Crippen LogP contribution < -0.4 is 0 Å². The zero-order valence-electron chi connectivity index (χ0n) is 11.3. The van der Waals surface area contributed by atoms with Gasteiger partial charge in [0.1, 0.15) is 16.8 Å². The van der Waals surface area contributed by atoms with Crippen molar-refractivity contribution in [2.24, 2.45) is 0 Å². The van der Waals surface area contributed by atoms with Crippen LogP contribution in [0.4, 0.5) is 0 Å². The molecular weight excluding hydrogens is 280 g/mol. The van der Waals surface area contributed by atoms with Crippen LogP contribution in [0.2, 0.25) is 0 Å². The van der Waals surface area contributed by atoms with Gasteiger partial charge in [-0.05, 0) is 11.5 Å². The van der Waals surface area contributed by atoms with Crippen LogP contribution >= 0.6 is 0 Å². The third-order valence-electron chi connectivity index (χ3n) is 3.53. The molecule has 2 N–H and O–H groups in total. The fourth-order valence-corrected chi connectivity index (χ4v) is 2.49. The molecule has 3 aromatic heterocycles. The highest BCUT2D eigenvalue weighted by Crippen LogP contribution is 2.26. The van der Waals surface area contributed by atoms with Gasteiger partial charge in [0.2, 0.25) is 0 Å². The SMILES string of the molecule is O=C(O)c1c[nH]c2ncc(-c3nccc4ccccc34)nc12. The van der Waals surface area contributed by atoms with E-state index >= 15 is 0 Å². The van der Waals surface area contributed by atoms with E-state index < -0.39 is 5.97 Å². The molecule has 4 rings (SSSR count). The van der Waals surface area contributed by atoms with E-state index in [0.29, 0.717) is 22.6 Å². The number of benzene rings is 1. The molecule has 0 aliphatic carbocycles. The molecule has 0 fully saturated rings. The van der Waals surface area contributed by atoms with Gasteiger partial charge in [-0.3, -0.25) is 4.98 Å². The highest BCUT2D eigenvalue weighted by atomic mass is 16.4. The number of H-pyrrole nitrogens is 1. The molecule has 1 aromatic carbocycles. The molecule has 106 valence electrons. The number of rotatable bonds is 2. The number of aromatic nitrogens is 4. The second kappa shape index (κ2) is 4.63. The van der Waals surface area contributed by atoms with Crippen LogP contribution in [0.3, 0.4) is 0 Å². The van der Waals surface area contributed by atoms with E-state index in [9.17, 15) is 9.90 Å². The highest BCUT2D eigenvalue weighted by Gasteiger charge is 2.15. The summed E-state index contributed by atoms with van der Waals surface area (Å²) in [4.78, 5) is 27.1. The molecule has 0 aliphatic heterocycles. The molecule has 0 spiro atoms. The highest BCUT2D eigenvalue weighted by molar-refractivity contribution is 6.01. The summed E-state index contributed by atoms with van der Waals surface area (Å²) >= 11 is 0. The maximum atomic E-state index is 11.2. The Balaban J connectivity index is 2.00. The normalized spacial score (nSPS) is 11.1. The Morgan fingerprint density at radius 2 is 2.00 bits per heavy atom. The Kier molecular flexibility index (Phi) is 2.62. The first-order chi connectivity index (χ1) is 10.7. The van der Waals surface area contributed by atoms with E-state index in [1.165, 1.54) is 6.20 Å². The molecule has 0 saturated carbocycles. The van der Waals surface area contributed by atoms with Crippen molar-refractivity contribution in [1.82, 2.24) is 19.9 Å². The van der Waals surface area contributed by atoms with Crippen LogP contribution in [0.5, 0.6) is 0 Å². The number of aromatic amines is 1. The van der Waals surface area contributed by atoms with Crippen LogP contribution in [0.1, 0.15) is 10.4 Å². The van der Waals surface area contributed by atoms with Crippen LogP contribution in [0.15, 0.2) is 48.9 Å². The molecule has 0 unspecified atom stereocenters. The van der Waals surface area contributed by atoms with Crippen LogP contribution in [0.25, 0.3) is 33.3 Å². The molecule has 0 aliphatic rings. The van der Waals surface area contributed by atoms with Crippen molar-refractivity contribution in [3.8, 4) is 11.4 Å². The summed E-state index contributed by atoms with van der Waals surface area (Å²) in [6, 6.07) is 9.75. The zero-order chi connectivity index (χ0) is 15.1. The summed E-state index contributed by atoms with van der Waals surface area (Å²) < 4.78 is 0. The second-order valence-electron chi connectivity index (χ2n) is 4.84. The van der Waals surface area contributed by atoms with Gasteiger partial charge < -0.3 is 10.1 Å². The Morgan fingerprint density at radius 3 is 2.86 bits per heavy atom. The number of nitrogens with zero attached hydrogens (tertiary/aromatic N) is 3. The van der Waals surface area contributed by atoms with Crippen molar-refractivity contribution in [2.45, 2.75) is 0 Å². The molecule has 4 aromatic rings. The number of fused-ring (bicyclic) bond motifs is 2. The van der Waals surface area contributed by atoms with Gasteiger partial charge in [-0.25, -0.2) is 14.8 Å². The lowest BCUT2D eigenvalue weighted by molar-refractivity contribution is 0.0699. The summed E-state index contributed by atoms with van der Waals surface area (Å²) in [6.45, 7) is 0. The Labute approximate surface area is 124 Å². The quantitative estimate of drug-likeness (QED) is 0.592. The molecule has 0 saturated heterocycles. The monoisotopic (exact) mass is 290 g/mol. The van der Waals surface area contributed by atoms with E-state index in [1.54, 1.807) is 12.4 Å². The topological polar surface area (TPSA) is 91.8 Å². The number of nitrogens with one attached hydrogen (secondary N) is 1. The summed E-state index contributed by atoms with van der Waals surface area (Å²) in [5.41, 5.74) is 2.11. The average molecular weight is 290 g/mol. The summed E-state index contributed by atoms with van der Waals surface area (Å²) in [5, 5.41) is 11.2. The molecular formula is C16H10N4O2. The van der Waals surface area contributed by atoms with Crippen molar-refractivity contribution in [3.63, 3.8) is 0 Å². The fraction of sp³-hybridized carbons (Fsp3) is 0. The lowest BCUT2D eigenvalue weighted by Gasteiger charge is -2.04. The van der Waals surface area contributed by atoms with Gasteiger partial charge in [0.05, 0.1) is 11.9 Å². The fourth-order valence-electron chi connectivity index (χ4n) is 2.49. The van der Waals surface area contributed by atoms with E-state index in [-0.39, 0.29) is 5.56 Å². The smallest absolute Gasteiger partial charge is 0.339 e. The third-order valence-corrected chi connectivity index (χ3v) is 3.53. The molecule has 0 amide bonds. The standard InChI is InChI=1S/C16H10N4O2/c21-16(22)11-7-18-15-14(11)20-12(8-19-15)13-10-4-2-1-3-9(10)5-6-17-13/h1-8H,(H,18,19)(H,21,22). The molecule has 0 atom stereocenters. The summed E-state index contributed by atoms with van der Waals surface area (Å²) in [7, 11) is 0. The van der Waals surface area contributed by atoms with Gasteiger partial charge in [-0.2, -0.15) is 0 Å². The molecule has 22 heavy (non-hydrogen) atoms. The minimum Gasteiger partial charge on any atom is -0.478 e. The molecule has 6 heteroatoms. The van der Waals surface area contributed by atoms with Crippen molar-refractivity contribution in [2.75, 3.05) is 0 Å². The molecule has 0 radical (unpaired) electrons. The number of carboxylic acid groups (broad SMARTS) is 1. The molecule has 3 heterocycles. The predicted octanol–water partition coefficient (Wildman–Crippen LogP) is 2.87. The number of hydrogen-bond donors (Lipinski definition) is 2. The van der Waals surface area contributed by atoms with Gasteiger partial charge in [-0.15, -0.1) is 0 Å². The van der Waals surface area contributed by atoms with Crippen molar-refractivity contribution in [1.29, 1.82) is 0 Å². The van der Waals surface area contributed by atoms with E-state index in [4.69, 9.17) is 0 Å². The van der Waals surface area contributed by atoms with Crippen LogP contribution in [-0.4, -0.2) is 31.0 Å². The average Bonchev–Trinajstić information content (AvgIpc) is 2.97. The minimum atomic E-state index is -1.04. The van der Waals surface area contributed by atoms with Gasteiger partial charge in [0.25, 0.3) is 0 Å². The van der Waals surface area contributed by atoms with Gasteiger partial charge in [0.15, 0.2) is 5.65 Å². The second-order valence-corrected chi connectivity index (χ2v) is 4.84. The molecule has 0 bridgehead atoms. The van der Waals surface area contributed by atoms with Crippen LogP contribution in [-0.2, 0) is 0 Å². The Hall–Kier alpha value is -3.28. The number of aromatic carboxylic acids is 1. The number of hydrogen-bond acceptors (Lipinski definition) is 4. The number of carboxylic acids is 1. The maximum Gasteiger partial charge on any atom is 0.339 e. The molecule has 6 nitrogen and oxygen atoms in total. The third kappa shape index (κ3) is 1.81. The first kappa shape index (κ1) is 12.5. The summed E-state index contributed by atoms with van der Waals surface area (Å²) in [5.74, 6) is -1.04. The first-order valence-corrected chi connectivity index (χ1v) is 6.65. The maximum absolute atomic E-state index is 11.2. The van der Waals surface area contributed by atoms with Gasteiger partial charge in [0, 0.05) is 17.8 Å². The van der Waals surface area contributed by atoms with Gasteiger partial charge in [-0.1, -0.05) is 24.3 Å². The predicted molar refractivity (Wildman–Crippen MR) is 81.6 cm³/mol. The zero-order valence-corrected chi connectivity index (χ0v) is 11.3. The van der Waals surface area contributed by atoms with E-state index in [0.717, 1.165) is 10.8 Å². The lowest BCUT2D eigenvalue weighted by Crippen LogP contribution is -1.97. The number of pyridine rings is 1. The minimum absolute atomic E-state index is 0.101. The Bertz CT molecular complexity index is 1020. The van der Waals surface area contributed by atoms with Crippen molar-refractivity contribution in [3.05, 3.63) is 54.5 Å². The largest absolute Gasteiger partial charge is 0.478 e. The van der Waals surface area contributed by atoms with Crippen LogP contribution in [0, 0.1) is 0 Å². The van der Waals surface area contributed by atoms with Gasteiger partial charge >= 0.3 is 5.97 Å². The Morgan fingerprint density at radius 1 is 1.14 bits per heavy atom. The van der Waals surface area contributed by atoms with Crippen molar-refractivity contribution >= 4 is 27.9 Å². The lowest BCUT2D eigenvalue weighted by atomic mass is 10.1. The van der Waals surface area contributed by atoms with E-state index in [2.05, 4.69) is 19.9 Å².